The van der Waals surface area contributed by atoms with Crippen LogP contribution in [-0.2, 0) is 5.60 Å². The molecule has 0 spiro atoms. The fourth-order valence-electron chi connectivity index (χ4n) is 4.72. The molecule has 1 saturated heterocycles. The number of fused-ring (bicyclic) bond motifs is 1. The quantitative estimate of drug-likeness (QED) is 0.406. The van der Waals surface area contributed by atoms with E-state index in [0.29, 0.717) is 16.8 Å². The van der Waals surface area contributed by atoms with E-state index in [-0.39, 0.29) is 6.04 Å². The van der Waals surface area contributed by atoms with Crippen LogP contribution in [0.4, 0.5) is 0 Å². The lowest BCUT2D eigenvalue weighted by atomic mass is 10.0. The molecule has 0 bridgehead atoms. The summed E-state index contributed by atoms with van der Waals surface area (Å²) in [6.07, 6.45) is 11.1. The van der Waals surface area contributed by atoms with Crippen LogP contribution in [0.25, 0.3) is 16.6 Å². The Morgan fingerprint density at radius 3 is 2.60 bits per heavy atom. The highest BCUT2D eigenvalue weighted by Gasteiger charge is 2.28. The van der Waals surface area contributed by atoms with Crippen molar-refractivity contribution in [3.05, 3.63) is 66.0 Å². The Morgan fingerprint density at radius 2 is 1.91 bits per heavy atom. The highest BCUT2D eigenvalue weighted by molar-refractivity contribution is 5.76. The number of pyridine rings is 2. The lowest BCUT2D eigenvalue weighted by molar-refractivity contribution is 0.105. The number of nitriles is 2. The van der Waals surface area contributed by atoms with Crippen LogP contribution in [0.3, 0.4) is 0 Å². The molecule has 0 amide bonds. The lowest BCUT2D eigenvalue weighted by Gasteiger charge is -2.29. The molecule has 5 heterocycles. The molecule has 1 aliphatic heterocycles. The van der Waals surface area contributed by atoms with Gasteiger partial charge in [-0.1, -0.05) is 6.07 Å². The molecular formula is C26H26N8O. The lowest BCUT2D eigenvalue weighted by Crippen LogP contribution is -2.31. The Bertz CT molecular complexity index is 1450. The third-order valence-electron chi connectivity index (χ3n) is 6.65. The maximum absolute atomic E-state index is 9.67. The Balaban J connectivity index is 1.55. The van der Waals surface area contributed by atoms with Crippen molar-refractivity contribution in [3.63, 3.8) is 0 Å². The average Bonchev–Trinajstić information content (AvgIpc) is 3.47. The maximum Gasteiger partial charge on any atom is 0.179 e. The molecule has 5 rings (SSSR count). The third-order valence-corrected chi connectivity index (χ3v) is 6.65. The Kier molecular flexibility index (Phi) is 5.62. The van der Waals surface area contributed by atoms with Gasteiger partial charge in [-0.15, -0.1) is 0 Å². The summed E-state index contributed by atoms with van der Waals surface area (Å²) in [4.78, 5) is 6.26. The molecule has 35 heavy (non-hydrogen) atoms. The van der Waals surface area contributed by atoms with Crippen LogP contribution >= 0.6 is 0 Å². The summed E-state index contributed by atoms with van der Waals surface area (Å²) in [5.41, 5.74) is 4.04. The molecule has 1 fully saturated rings. The highest BCUT2D eigenvalue weighted by atomic mass is 16.5. The van der Waals surface area contributed by atoms with Crippen molar-refractivity contribution >= 4 is 5.52 Å². The largest absolute Gasteiger partial charge is 0.479 e. The van der Waals surface area contributed by atoms with E-state index in [4.69, 9.17) is 15.1 Å². The first kappa shape index (κ1) is 22.4. The van der Waals surface area contributed by atoms with E-state index in [1.165, 1.54) is 0 Å². The van der Waals surface area contributed by atoms with E-state index in [2.05, 4.69) is 34.0 Å². The molecule has 0 radical (unpaired) electrons. The summed E-state index contributed by atoms with van der Waals surface area (Å²) >= 11 is 0. The minimum absolute atomic E-state index is 0.255. The van der Waals surface area contributed by atoms with E-state index < -0.39 is 5.60 Å². The van der Waals surface area contributed by atoms with Gasteiger partial charge >= 0.3 is 0 Å². The fourth-order valence-corrected chi connectivity index (χ4v) is 4.72. The second kappa shape index (κ2) is 8.77. The van der Waals surface area contributed by atoms with Crippen molar-refractivity contribution < 1.29 is 4.74 Å². The van der Waals surface area contributed by atoms with Gasteiger partial charge in [0.25, 0.3) is 0 Å². The van der Waals surface area contributed by atoms with Crippen LogP contribution in [0.15, 0.2) is 49.1 Å². The third kappa shape index (κ3) is 4.06. The van der Waals surface area contributed by atoms with Gasteiger partial charge in [0.05, 0.1) is 24.1 Å². The molecule has 1 aliphatic rings. The van der Waals surface area contributed by atoms with Gasteiger partial charge in [-0.3, -0.25) is 9.67 Å². The summed E-state index contributed by atoms with van der Waals surface area (Å²) in [6, 6.07) is 10.2. The topological polar surface area (TPSA) is 108 Å². The van der Waals surface area contributed by atoms with Gasteiger partial charge in [0.1, 0.15) is 28.5 Å². The van der Waals surface area contributed by atoms with Gasteiger partial charge in [-0.25, -0.2) is 4.52 Å². The SMILES string of the molecule is Cc1c(-c2cc(OC(C)(C)c3ccccn3)c3c(C#N)cnn3c2)cnn1C1CCN(C#N)CC1. The van der Waals surface area contributed by atoms with Crippen LogP contribution in [0, 0.1) is 29.7 Å². The normalized spacial score (nSPS) is 14.6. The monoisotopic (exact) mass is 466 g/mol. The molecule has 0 saturated carbocycles. The molecule has 0 N–H and O–H groups in total. The molecule has 176 valence electrons. The van der Waals surface area contributed by atoms with E-state index >= 15 is 0 Å². The van der Waals surface area contributed by atoms with Crippen molar-refractivity contribution in [1.82, 2.24) is 29.3 Å². The Hall–Kier alpha value is -4.37. The summed E-state index contributed by atoms with van der Waals surface area (Å²) in [5.74, 6) is 0.557. The molecule has 9 heteroatoms. The first-order chi connectivity index (χ1) is 16.9. The van der Waals surface area contributed by atoms with Gasteiger partial charge in [-0.2, -0.15) is 20.7 Å². The standard InChI is InChI=1S/C26H26N8O/c1-18-22(15-31-34(18)21-7-10-32(17-28)11-8-21)19-12-23(25-20(13-27)14-30-33(25)16-19)35-26(2,3)24-6-4-5-9-29-24/h4-6,9,12,14-16,21H,7-8,10-11H2,1-3H3. The molecule has 9 nitrogen and oxygen atoms in total. The van der Waals surface area contributed by atoms with Crippen LogP contribution in [-0.4, -0.2) is 42.4 Å². The molecule has 4 aromatic heterocycles. The predicted octanol–water partition coefficient (Wildman–Crippen LogP) is 4.20. The number of nitrogens with zero attached hydrogens (tertiary/aromatic N) is 8. The molecule has 0 unspecified atom stereocenters. The summed E-state index contributed by atoms with van der Waals surface area (Å²) in [7, 11) is 0. The summed E-state index contributed by atoms with van der Waals surface area (Å²) in [6.45, 7) is 7.46. The zero-order valence-electron chi connectivity index (χ0n) is 20.0. The molecule has 0 aromatic carbocycles. The van der Waals surface area contributed by atoms with Crippen LogP contribution in [0.2, 0.25) is 0 Å². The Labute approximate surface area is 203 Å². The fraction of sp³-hybridized carbons (Fsp3) is 0.346. The van der Waals surface area contributed by atoms with Crippen molar-refractivity contribution in [1.29, 1.82) is 10.5 Å². The number of piperidine rings is 1. The highest BCUT2D eigenvalue weighted by Crippen LogP contribution is 2.36. The number of hydrogen-bond acceptors (Lipinski definition) is 7. The minimum atomic E-state index is -0.731. The zero-order valence-corrected chi connectivity index (χ0v) is 20.0. The number of aromatic nitrogens is 5. The van der Waals surface area contributed by atoms with Crippen LogP contribution in [0.1, 0.15) is 49.7 Å². The van der Waals surface area contributed by atoms with E-state index in [1.54, 1.807) is 21.8 Å². The van der Waals surface area contributed by atoms with Gasteiger partial charge in [0.2, 0.25) is 0 Å². The molecule has 4 aromatic rings. The van der Waals surface area contributed by atoms with Crippen molar-refractivity contribution in [2.24, 2.45) is 0 Å². The number of hydrogen-bond donors (Lipinski definition) is 0. The van der Waals surface area contributed by atoms with Crippen LogP contribution < -0.4 is 4.74 Å². The molecule has 0 aliphatic carbocycles. The predicted molar refractivity (Wildman–Crippen MR) is 129 cm³/mol. The van der Waals surface area contributed by atoms with Gasteiger partial charge in [0.15, 0.2) is 6.19 Å². The Morgan fingerprint density at radius 1 is 1.11 bits per heavy atom. The first-order valence-electron chi connectivity index (χ1n) is 11.6. The van der Waals surface area contributed by atoms with Crippen molar-refractivity contribution in [2.75, 3.05) is 13.1 Å². The van der Waals surface area contributed by atoms with Gasteiger partial charge in [-0.05, 0) is 51.8 Å². The number of likely N-dealkylation sites (tertiary alicyclic amines) is 1. The second-order valence-corrected chi connectivity index (χ2v) is 9.29. The number of ether oxygens (including phenoxy) is 1. The second-order valence-electron chi connectivity index (χ2n) is 9.29. The minimum Gasteiger partial charge on any atom is -0.479 e. The zero-order chi connectivity index (χ0) is 24.6. The summed E-state index contributed by atoms with van der Waals surface area (Å²) < 4.78 is 10.3. The van der Waals surface area contributed by atoms with Gasteiger partial charge in [0, 0.05) is 42.3 Å². The summed E-state index contributed by atoms with van der Waals surface area (Å²) in [5, 5.41) is 27.9. The average molecular weight is 467 g/mol. The van der Waals surface area contributed by atoms with Crippen molar-refractivity contribution in [2.45, 2.75) is 45.3 Å². The number of rotatable bonds is 5. The molecular weight excluding hydrogens is 440 g/mol. The van der Waals surface area contributed by atoms with E-state index in [0.717, 1.165) is 48.4 Å². The van der Waals surface area contributed by atoms with E-state index in [9.17, 15) is 5.26 Å². The van der Waals surface area contributed by atoms with E-state index in [1.807, 2.05) is 50.5 Å². The van der Waals surface area contributed by atoms with Crippen molar-refractivity contribution in [3.8, 4) is 29.1 Å². The van der Waals surface area contributed by atoms with Crippen LogP contribution in [0.5, 0.6) is 5.75 Å². The maximum atomic E-state index is 9.67. The van der Waals surface area contributed by atoms with Gasteiger partial charge < -0.3 is 9.64 Å². The molecule has 0 atom stereocenters. The smallest absolute Gasteiger partial charge is 0.179 e. The first-order valence-corrected chi connectivity index (χ1v) is 11.6.